The van der Waals surface area contributed by atoms with Gasteiger partial charge in [0.05, 0.1) is 24.3 Å². The summed E-state index contributed by atoms with van der Waals surface area (Å²) >= 11 is 0. The third-order valence-corrected chi connectivity index (χ3v) is 4.65. The maximum absolute atomic E-state index is 13.0. The first-order chi connectivity index (χ1) is 13.1. The summed E-state index contributed by atoms with van der Waals surface area (Å²) in [6.45, 7) is 2.59. The van der Waals surface area contributed by atoms with Gasteiger partial charge in [0.1, 0.15) is 11.4 Å². The first-order valence-corrected chi connectivity index (χ1v) is 8.94. The standard InChI is InChI=1S/C19H23N3O5/c1-26-12-10-21(14-16-5-4-11-27-16)19(23)15-6-7-17(18(13-15)22(24)25)20-8-2-3-9-20/h4-7,11,13H,2-3,8-10,12,14H2,1H3. The number of amides is 1. The smallest absolute Gasteiger partial charge is 0.293 e. The molecule has 2 heterocycles. The highest BCUT2D eigenvalue weighted by molar-refractivity contribution is 5.95. The molecule has 1 aliphatic rings. The Hall–Kier alpha value is -2.87. The molecule has 0 saturated carbocycles. The number of nitro groups is 1. The monoisotopic (exact) mass is 373 g/mol. The van der Waals surface area contributed by atoms with Gasteiger partial charge in [-0.25, -0.2) is 0 Å². The number of nitrogens with zero attached hydrogens (tertiary/aromatic N) is 3. The van der Waals surface area contributed by atoms with E-state index in [9.17, 15) is 14.9 Å². The van der Waals surface area contributed by atoms with E-state index >= 15 is 0 Å². The van der Waals surface area contributed by atoms with E-state index < -0.39 is 4.92 Å². The zero-order valence-corrected chi connectivity index (χ0v) is 15.3. The van der Waals surface area contributed by atoms with E-state index in [1.807, 2.05) is 4.90 Å². The second-order valence-electron chi connectivity index (χ2n) is 6.45. The fraction of sp³-hybridized carbons (Fsp3) is 0.421. The average molecular weight is 373 g/mol. The molecule has 0 spiro atoms. The summed E-state index contributed by atoms with van der Waals surface area (Å²) in [4.78, 5) is 27.7. The van der Waals surface area contributed by atoms with E-state index in [2.05, 4.69) is 0 Å². The Morgan fingerprint density at radius 2 is 2.11 bits per heavy atom. The van der Waals surface area contributed by atoms with Gasteiger partial charge in [-0.2, -0.15) is 0 Å². The Kier molecular flexibility index (Phi) is 6.08. The molecule has 0 radical (unpaired) electrons. The van der Waals surface area contributed by atoms with Gasteiger partial charge in [0, 0.05) is 38.4 Å². The molecule has 0 unspecified atom stereocenters. The van der Waals surface area contributed by atoms with Crippen LogP contribution in [-0.2, 0) is 11.3 Å². The summed E-state index contributed by atoms with van der Waals surface area (Å²) in [6, 6.07) is 8.25. The van der Waals surface area contributed by atoms with Crippen LogP contribution in [-0.4, -0.2) is 49.1 Å². The molecule has 1 amide bonds. The first-order valence-electron chi connectivity index (χ1n) is 8.94. The Balaban J connectivity index is 1.86. The van der Waals surface area contributed by atoms with Crippen molar-refractivity contribution in [2.45, 2.75) is 19.4 Å². The summed E-state index contributed by atoms with van der Waals surface area (Å²) in [5.74, 6) is 0.349. The molecule has 1 fully saturated rings. The molecular formula is C19H23N3O5. The maximum Gasteiger partial charge on any atom is 0.293 e. The van der Waals surface area contributed by atoms with Gasteiger partial charge in [0.15, 0.2) is 0 Å². The second kappa shape index (κ2) is 8.68. The van der Waals surface area contributed by atoms with Gasteiger partial charge >= 0.3 is 0 Å². The summed E-state index contributed by atoms with van der Waals surface area (Å²) in [5.41, 5.74) is 0.822. The minimum Gasteiger partial charge on any atom is -0.467 e. The van der Waals surface area contributed by atoms with Gasteiger partial charge in [0.25, 0.3) is 11.6 Å². The van der Waals surface area contributed by atoms with Crippen LogP contribution in [0, 0.1) is 10.1 Å². The van der Waals surface area contributed by atoms with Crippen LogP contribution in [0.3, 0.4) is 0 Å². The molecule has 8 heteroatoms. The third kappa shape index (κ3) is 4.46. The van der Waals surface area contributed by atoms with Crippen LogP contribution in [0.4, 0.5) is 11.4 Å². The lowest BCUT2D eigenvalue weighted by molar-refractivity contribution is -0.384. The number of carbonyl (C=O) groups is 1. The van der Waals surface area contributed by atoms with Crippen LogP contribution in [0.2, 0.25) is 0 Å². The minimum absolute atomic E-state index is 0.0348. The lowest BCUT2D eigenvalue weighted by Crippen LogP contribution is -2.33. The SMILES string of the molecule is COCCN(Cc1ccco1)C(=O)c1ccc(N2CCCC2)c([N+](=O)[O-])c1. The zero-order chi connectivity index (χ0) is 19.2. The highest BCUT2D eigenvalue weighted by Gasteiger charge is 2.25. The Morgan fingerprint density at radius 3 is 2.74 bits per heavy atom. The van der Waals surface area contributed by atoms with Crippen LogP contribution in [0.5, 0.6) is 0 Å². The number of anilines is 1. The van der Waals surface area contributed by atoms with Crippen LogP contribution >= 0.6 is 0 Å². The van der Waals surface area contributed by atoms with Gasteiger partial charge in [-0.15, -0.1) is 0 Å². The maximum atomic E-state index is 13.0. The number of hydrogen-bond donors (Lipinski definition) is 0. The molecule has 27 heavy (non-hydrogen) atoms. The summed E-state index contributed by atoms with van der Waals surface area (Å²) in [7, 11) is 1.56. The van der Waals surface area contributed by atoms with Crippen LogP contribution in [0.15, 0.2) is 41.0 Å². The van der Waals surface area contributed by atoms with Crippen molar-refractivity contribution in [1.82, 2.24) is 4.90 Å². The van der Waals surface area contributed by atoms with Gasteiger partial charge < -0.3 is 19.0 Å². The number of hydrogen-bond acceptors (Lipinski definition) is 6. The Labute approximate surface area is 157 Å². The molecule has 1 aliphatic heterocycles. The van der Waals surface area contributed by atoms with Crippen molar-refractivity contribution in [3.63, 3.8) is 0 Å². The average Bonchev–Trinajstić information content (AvgIpc) is 3.38. The molecule has 8 nitrogen and oxygen atoms in total. The van der Waals surface area contributed by atoms with Crippen molar-refractivity contribution < 1.29 is 18.9 Å². The van der Waals surface area contributed by atoms with Crippen LogP contribution < -0.4 is 4.90 Å². The normalized spacial score (nSPS) is 13.7. The molecule has 3 rings (SSSR count). The molecule has 0 atom stereocenters. The van der Waals surface area contributed by atoms with Crippen molar-refractivity contribution in [1.29, 1.82) is 0 Å². The number of rotatable bonds is 8. The van der Waals surface area contributed by atoms with Crippen LogP contribution in [0.25, 0.3) is 0 Å². The lowest BCUT2D eigenvalue weighted by Gasteiger charge is -2.22. The third-order valence-electron chi connectivity index (χ3n) is 4.65. The van der Waals surface area contributed by atoms with Crippen molar-refractivity contribution in [2.24, 2.45) is 0 Å². The largest absolute Gasteiger partial charge is 0.467 e. The number of ether oxygens (including phenoxy) is 1. The number of carbonyl (C=O) groups excluding carboxylic acids is 1. The van der Waals surface area contributed by atoms with Crippen molar-refractivity contribution in [3.8, 4) is 0 Å². The second-order valence-corrected chi connectivity index (χ2v) is 6.45. The van der Waals surface area contributed by atoms with Crippen molar-refractivity contribution >= 4 is 17.3 Å². The van der Waals surface area contributed by atoms with Gasteiger partial charge in [-0.3, -0.25) is 14.9 Å². The molecule has 1 aromatic heterocycles. The Bertz CT molecular complexity index is 785. The molecule has 0 N–H and O–H groups in total. The number of benzene rings is 1. The van der Waals surface area contributed by atoms with E-state index in [1.54, 1.807) is 42.5 Å². The minimum atomic E-state index is -0.420. The van der Waals surface area contributed by atoms with E-state index in [0.717, 1.165) is 25.9 Å². The summed E-state index contributed by atoms with van der Waals surface area (Å²) in [6.07, 6.45) is 3.58. The Morgan fingerprint density at radius 1 is 1.33 bits per heavy atom. The molecule has 2 aromatic rings. The van der Waals surface area contributed by atoms with E-state index in [0.29, 0.717) is 24.6 Å². The number of furan rings is 1. The van der Waals surface area contributed by atoms with Crippen molar-refractivity contribution in [2.75, 3.05) is 38.3 Å². The first kappa shape index (κ1) is 18.9. The quantitative estimate of drug-likeness (QED) is 0.522. The molecular weight excluding hydrogens is 350 g/mol. The summed E-state index contributed by atoms with van der Waals surface area (Å²) in [5, 5.41) is 11.6. The van der Waals surface area contributed by atoms with E-state index in [1.165, 1.54) is 6.07 Å². The fourth-order valence-electron chi connectivity index (χ4n) is 3.26. The summed E-state index contributed by atoms with van der Waals surface area (Å²) < 4.78 is 10.4. The number of methoxy groups -OCH3 is 1. The van der Waals surface area contributed by atoms with Crippen molar-refractivity contribution in [3.05, 3.63) is 58.0 Å². The lowest BCUT2D eigenvalue weighted by atomic mass is 10.1. The highest BCUT2D eigenvalue weighted by Crippen LogP contribution is 2.32. The predicted octanol–water partition coefficient (Wildman–Crippen LogP) is 3.08. The molecule has 0 aliphatic carbocycles. The van der Waals surface area contributed by atoms with E-state index in [-0.39, 0.29) is 23.7 Å². The number of nitro benzene ring substituents is 1. The zero-order valence-electron chi connectivity index (χ0n) is 15.3. The van der Waals surface area contributed by atoms with Gasteiger partial charge in [-0.1, -0.05) is 0 Å². The molecule has 0 bridgehead atoms. The van der Waals surface area contributed by atoms with Gasteiger partial charge in [-0.05, 0) is 37.1 Å². The van der Waals surface area contributed by atoms with E-state index in [4.69, 9.17) is 9.15 Å². The molecule has 1 aromatic carbocycles. The molecule has 144 valence electrons. The highest BCUT2D eigenvalue weighted by atomic mass is 16.6. The topological polar surface area (TPSA) is 89.1 Å². The van der Waals surface area contributed by atoms with Crippen LogP contribution in [0.1, 0.15) is 29.0 Å². The fourth-order valence-corrected chi connectivity index (χ4v) is 3.26. The predicted molar refractivity (Wildman–Crippen MR) is 99.9 cm³/mol. The van der Waals surface area contributed by atoms with Gasteiger partial charge in [0.2, 0.25) is 0 Å². The molecule has 1 saturated heterocycles.